The van der Waals surface area contributed by atoms with Crippen LogP contribution in [-0.2, 0) is 6.42 Å². The van der Waals surface area contributed by atoms with Gasteiger partial charge in [-0.1, -0.05) is 49.4 Å². The molecule has 0 aliphatic rings. The monoisotopic (exact) mass is 277 g/mol. The Kier molecular flexibility index (Phi) is 3.78. The van der Waals surface area contributed by atoms with Crippen LogP contribution in [0.15, 0.2) is 66.9 Å². The lowest BCUT2D eigenvalue weighted by Crippen LogP contribution is -1.93. The maximum atomic E-state index is 13.1. The summed E-state index contributed by atoms with van der Waals surface area (Å²) in [5.41, 5.74) is 5.36. The number of aryl methyl sites for hydroxylation is 1. The molecule has 1 heterocycles. The summed E-state index contributed by atoms with van der Waals surface area (Å²) in [5, 5.41) is 0. The lowest BCUT2D eigenvalue weighted by atomic mass is 9.98. The molecule has 2 aromatic carbocycles. The smallest absolute Gasteiger partial charge is 0.123 e. The fourth-order valence-corrected chi connectivity index (χ4v) is 2.45. The van der Waals surface area contributed by atoms with E-state index in [1.54, 1.807) is 12.1 Å². The van der Waals surface area contributed by atoms with E-state index >= 15 is 0 Å². The van der Waals surface area contributed by atoms with Crippen molar-refractivity contribution in [3.63, 3.8) is 0 Å². The normalized spacial score (nSPS) is 10.6. The minimum absolute atomic E-state index is 0.217. The average molecular weight is 277 g/mol. The summed E-state index contributed by atoms with van der Waals surface area (Å²) in [6, 6.07) is 18.8. The molecule has 0 fully saturated rings. The summed E-state index contributed by atoms with van der Waals surface area (Å²) in [5.74, 6) is -0.217. The van der Waals surface area contributed by atoms with Crippen molar-refractivity contribution in [3.05, 3.63) is 78.2 Å². The minimum atomic E-state index is -0.217. The fraction of sp³-hybridized carbons (Fsp3) is 0.105. The first kappa shape index (κ1) is 13.5. The molecule has 1 aromatic heterocycles. The van der Waals surface area contributed by atoms with Crippen LogP contribution < -0.4 is 0 Å². The topological polar surface area (TPSA) is 12.9 Å². The van der Waals surface area contributed by atoms with Crippen molar-refractivity contribution < 1.29 is 4.39 Å². The van der Waals surface area contributed by atoms with Crippen LogP contribution in [0.2, 0.25) is 0 Å². The lowest BCUT2D eigenvalue weighted by molar-refractivity contribution is 0.628. The third-order valence-electron chi connectivity index (χ3n) is 3.60. The zero-order valence-corrected chi connectivity index (χ0v) is 11.9. The molecule has 3 aromatic rings. The molecule has 0 N–H and O–H groups in total. The minimum Gasteiger partial charge on any atom is -0.256 e. The van der Waals surface area contributed by atoms with Crippen LogP contribution in [0.3, 0.4) is 0 Å². The molecule has 0 saturated heterocycles. The van der Waals surface area contributed by atoms with Gasteiger partial charge in [-0.2, -0.15) is 0 Å². The highest BCUT2D eigenvalue weighted by molar-refractivity contribution is 5.70. The predicted molar refractivity (Wildman–Crippen MR) is 84.4 cm³/mol. The Labute approximate surface area is 124 Å². The first-order valence-electron chi connectivity index (χ1n) is 7.08. The maximum Gasteiger partial charge on any atom is 0.123 e. The SMILES string of the molecule is CCc1cc(-c2ccccc2)ncc1-c1ccc(F)cc1. The standard InChI is InChI=1S/C19H16FN/c1-2-14-12-19(16-6-4-3-5-7-16)21-13-18(14)15-8-10-17(20)11-9-15/h3-13H,2H2,1H3. The molecule has 0 spiro atoms. The highest BCUT2D eigenvalue weighted by Crippen LogP contribution is 2.27. The molecule has 0 atom stereocenters. The summed E-state index contributed by atoms with van der Waals surface area (Å²) in [6.07, 6.45) is 2.80. The first-order valence-corrected chi connectivity index (χ1v) is 7.08. The van der Waals surface area contributed by atoms with Gasteiger partial charge in [-0.25, -0.2) is 4.39 Å². The highest BCUT2D eigenvalue weighted by Gasteiger charge is 2.07. The van der Waals surface area contributed by atoms with E-state index in [0.717, 1.165) is 28.8 Å². The van der Waals surface area contributed by atoms with Gasteiger partial charge in [0, 0.05) is 17.3 Å². The highest BCUT2D eigenvalue weighted by atomic mass is 19.1. The van der Waals surface area contributed by atoms with Gasteiger partial charge in [0.15, 0.2) is 0 Å². The maximum absolute atomic E-state index is 13.1. The van der Waals surface area contributed by atoms with E-state index in [1.807, 2.05) is 24.4 Å². The summed E-state index contributed by atoms with van der Waals surface area (Å²) in [6.45, 7) is 2.12. The van der Waals surface area contributed by atoms with Crippen LogP contribution >= 0.6 is 0 Å². The Hall–Kier alpha value is -2.48. The van der Waals surface area contributed by atoms with Gasteiger partial charge in [0.2, 0.25) is 0 Å². The van der Waals surface area contributed by atoms with Crippen molar-refractivity contribution in [2.24, 2.45) is 0 Å². The van der Waals surface area contributed by atoms with Crippen LogP contribution in [0.5, 0.6) is 0 Å². The number of pyridine rings is 1. The number of aromatic nitrogens is 1. The first-order chi connectivity index (χ1) is 10.3. The zero-order chi connectivity index (χ0) is 14.7. The van der Waals surface area contributed by atoms with Gasteiger partial charge in [0.05, 0.1) is 5.69 Å². The summed E-state index contributed by atoms with van der Waals surface area (Å²) in [4.78, 5) is 4.56. The van der Waals surface area contributed by atoms with Crippen molar-refractivity contribution in [2.75, 3.05) is 0 Å². The molecule has 0 unspecified atom stereocenters. The average Bonchev–Trinajstić information content (AvgIpc) is 2.56. The molecule has 0 bridgehead atoms. The van der Waals surface area contributed by atoms with Gasteiger partial charge < -0.3 is 0 Å². The molecular weight excluding hydrogens is 261 g/mol. The van der Waals surface area contributed by atoms with Gasteiger partial charge in [-0.05, 0) is 35.7 Å². The van der Waals surface area contributed by atoms with Crippen molar-refractivity contribution in [1.82, 2.24) is 4.98 Å². The number of rotatable bonds is 3. The van der Waals surface area contributed by atoms with E-state index in [-0.39, 0.29) is 5.82 Å². The number of hydrogen-bond acceptors (Lipinski definition) is 1. The molecule has 0 amide bonds. The van der Waals surface area contributed by atoms with E-state index in [0.29, 0.717) is 0 Å². The molecule has 0 aliphatic heterocycles. The van der Waals surface area contributed by atoms with Gasteiger partial charge in [0.25, 0.3) is 0 Å². The van der Waals surface area contributed by atoms with Crippen molar-refractivity contribution in [3.8, 4) is 22.4 Å². The predicted octanol–water partition coefficient (Wildman–Crippen LogP) is 5.12. The number of benzene rings is 2. The Morgan fingerprint density at radius 2 is 1.62 bits per heavy atom. The van der Waals surface area contributed by atoms with Crippen molar-refractivity contribution in [1.29, 1.82) is 0 Å². The molecule has 21 heavy (non-hydrogen) atoms. The largest absolute Gasteiger partial charge is 0.256 e. The Morgan fingerprint density at radius 3 is 2.29 bits per heavy atom. The quantitative estimate of drug-likeness (QED) is 0.647. The van der Waals surface area contributed by atoms with Gasteiger partial charge in [-0.3, -0.25) is 4.98 Å². The van der Waals surface area contributed by atoms with E-state index in [9.17, 15) is 4.39 Å². The second kappa shape index (κ2) is 5.88. The van der Waals surface area contributed by atoms with Crippen LogP contribution in [0.1, 0.15) is 12.5 Å². The third kappa shape index (κ3) is 2.84. The Morgan fingerprint density at radius 1 is 0.905 bits per heavy atom. The number of nitrogens with zero attached hydrogens (tertiary/aromatic N) is 1. The molecule has 2 heteroatoms. The molecule has 3 rings (SSSR count). The van der Waals surface area contributed by atoms with Crippen LogP contribution in [0, 0.1) is 5.82 Å². The molecule has 1 nitrogen and oxygen atoms in total. The van der Waals surface area contributed by atoms with E-state index in [4.69, 9.17) is 0 Å². The zero-order valence-electron chi connectivity index (χ0n) is 11.9. The van der Waals surface area contributed by atoms with Crippen LogP contribution in [-0.4, -0.2) is 4.98 Å². The van der Waals surface area contributed by atoms with E-state index in [1.165, 1.54) is 17.7 Å². The molecule has 0 radical (unpaired) electrons. The Balaban J connectivity index is 2.06. The molecule has 0 aliphatic carbocycles. The van der Waals surface area contributed by atoms with E-state index in [2.05, 4.69) is 30.1 Å². The fourth-order valence-electron chi connectivity index (χ4n) is 2.45. The van der Waals surface area contributed by atoms with Crippen molar-refractivity contribution >= 4 is 0 Å². The molecular formula is C19H16FN. The third-order valence-corrected chi connectivity index (χ3v) is 3.60. The summed E-state index contributed by atoms with van der Waals surface area (Å²) in [7, 11) is 0. The van der Waals surface area contributed by atoms with E-state index < -0.39 is 0 Å². The summed E-state index contributed by atoms with van der Waals surface area (Å²) >= 11 is 0. The molecule has 0 saturated carbocycles. The summed E-state index contributed by atoms with van der Waals surface area (Å²) < 4.78 is 13.1. The number of hydrogen-bond donors (Lipinski definition) is 0. The lowest BCUT2D eigenvalue weighted by Gasteiger charge is -2.10. The van der Waals surface area contributed by atoms with Gasteiger partial charge in [-0.15, -0.1) is 0 Å². The number of halogens is 1. The molecule has 104 valence electrons. The van der Waals surface area contributed by atoms with Gasteiger partial charge >= 0.3 is 0 Å². The van der Waals surface area contributed by atoms with Crippen LogP contribution in [0.4, 0.5) is 4.39 Å². The second-order valence-electron chi connectivity index (χ2n) is 4.95. The van der Waals surface area contributed by atoms with Crippen molar-refractivity contribution in [2.45, 2.75) is 13.3 Å². The van der Waals surface area contributed by atoms with Crippen LogP contribution in [0.25, 0.3) is 22.4 Å². The van der Waals surface area contributed by atoms with Gasteiger partial charge in [0.1, 0.15) is 5.82 Å². The second-order valence-corrected chi connectivity index (χ2v) is 4.95. The Bertz CT molecular complexity index is 733.